The van der Waals surface area contributed by atoms with Gasteiger partial charge in [0, 0.05) is 32.2 Å². The van der Waals surface area contributed by atoms with Crippen LogP contribution in [0, 0.1) is 3.57 Å². The first-order valence-corrected chi connectivity index (χ1v) is 13.6. The Hall–Kier alpha value is -2.71. The van der Waals surface area contributed by atoms with Gasteiger partial charge in [-0.3, -0.25) is 9.59 Å². The molecule has 0 aliphatic heterocycles. The minimum absolute atomic E-state index is 0.0593. The zero-order valence-corrected chi connectivity index (χ0v) is 24.2. The van der Waals surface area contributed by atoms with E-state index in [0.717, 1.165) is 5.56 Å². The molecule has 1 aliphatic carbocycles. The number of hydrogen-bond acceptors (Lipinski definition) is 8. The van der Waals surface area contributed by atoms with Crippen LogP contribution in [0.25, 0.3) is 0 Å². The largest absolute Gasteiger partial charge is 0.493 e. The van der Waals surface area contributed by atoms with E-state index in [1.165, 1.54) is 14.2 Å². The molecule has 0 aromatic heterocycles. The molecule has 0 fully saturated rings. The molecule has 0 spiro atoms. The number of hydrogen-bond donors (Lipinski definition) is 4. The van der Waals surface area contributed by atoms with Crippen LogP contribution in [0.1, 0.15) is 24.0 Å². The van der Waals surface area contributed by atoms with Crippen LogP contribution >= 0.6 is 22.6 Å². The third-order valence-electron chi connectivity index (χ3n) is 6.38. The normalized spacial score (nSPS) is 18.7. The van der Waals surface area contributed by atoms with E-state index < -0.39 is 24.2 Å². The summed E-state index contributed by atoms with van der Waals surface area (Å²) in [5, 5.41) is 33.0. The molecule has 4 N–H and O–H groups in total. The molecule has 0 radical (unpaired) electrons. The number of ether oxygens (including phenoxy) is 3. The van der Waals surface area contributed by atoms with E-state index in [9.17, 15) is 24.9 Å². The molecule has 0 heterocycles. The summed E-state index contributed by atoms with van der Waals surface area (Å²) < 4.78 is 17.5. The van der Waals surface area contributed by atoms with Gasteiger partial charge in [-0.15, -0.1) is 0 Å². The van der Waals surface area contributed by atoms with Gasteiger partial charge in [0.05, 0.1) is 43.0 Å². The fourth-order valence-corrected chi connectivity index (χ4v) is 5.19. The van der Waals surface area contributed by atoms with Crippen LogP contribution in [-0.2, 0) is 27.5 Å². The summed E-state index contributed by atoms with van der Waals surface area (Å²) in [6.45, 7) is 0.0689. The Kier molecular flexibility index (Phi) is 12.0. The number of benzene rings is 2. The molecule has 3 atom stereocenters. The van der Waals surface area contributed by atoms with Crippen molar-refractivity contribution in [3.63, 3.8) is 0 Å². The van der Waals surface area contributed by atoms with Gasteiger partial charge in [0.25, 0.3) is 0 Å². The van der Waals surface area contributed by atoms with Crippen LogP contribution < -0.4 is 14.8 Å². The molecule has 212 valence electrons. The van der Waals surface area contributed by atoms with Crippen molar-refractivity contribution in [2.24, 2.45) is 0 Å². The van der Waals surface area contributed by atoms with Gasteiger partial charge in [-0.1, -0.05) is 30.3 Å². The highest BCUT2D eigenvalue weighted by Gasteiger charge is 2.41. The average Bonchev–Trinajstić information content (AvgIpc) is 2.95. The summed E-state index contributed by atoms with van der Waals surface area (Å²) in [6, 6.07) is 12.0. The Balaban J connectivity index is 2.02. The van der Waals surface area contributed by atoms with Crippen LogP contribution in [-0.4, -0.2) is 84.3 Å². The molecule has 1 aliphatic rings. The number of halogens is 1. The summed E-state index contributed by atoms with van der Waals surface area (Å²) in [7, 11) is 2.98. The van der Waals surface area contributed by atoms with Crippen molar-refractivity contribution in [1.82, 2.24) is 10.2 Å². The minimum atomic E-state index is -1.19. The molecule has 0 saturated heterocycles. The highest BCUT2D eigenvalue weighted by Crippen LogP contribution is 2.37. The van der Waals surface area contributed by atoms with Gasteiger partial charge in [0.1, 0.15) is 12.2 Å². The SMILES string of the molecule is COCCC(=O)N(Cc1ccccc1)[C@@H]1CC(C(=O)NCCO)=C[C@H](Oc2c(I)cc(CO)cc2OC)[C@H]1O. The molecular formula is C28H35IN2O8. The fourth-order valence-electron chi connectivity index (χ4n) is 4.40. The van der Waals surface area contributed by atoms with E-state index in [2.05, 4.69) is 27.9 Å². The number of aliphatic hydroxyl groups is 3. The number of amides is 2. The maximum atomic E-state index is 13.4. The van der Waals surface area contributed by atoms with Gasteiger partial charge < -0.3 is 39.7 Å². The van der Waals surface area contributed by atoms with Gasteiger partial charge in [0.2, 0.25) is 11.8 Å². The highest BCUT2D eigenvalue weighted by atomic mass is 127. The van der Waals surface area contributed by atoms with Crippen molar-refractivity contribution in [2.75, 3.05) is 34.0 Å². The lowest BCUT2D eigenvalue weighted by atomic mass is 9.87. The van der Waals surface area contributed by atoms with Crippen LogP contribution in [0.15, 0.2) is 54.1 Å². The standard InChI is InChI=1S/C28H35IN2O8/c1-37-11-8-25(34)31(16-18-6-4-3-5-7-18)22-14-20(28(36)30-9-10-32)15-23(26(22)35)39-27-21(29)12-19(17-33)13-24(27)38-2/h3-7,12-13,15,22-23,26,32-33,35H,8-11,14,16-17H2,1-2H3,(H,30,36)/t22-,23+,26+/m1/s1. The van der Waals surface area contributed by atoms with Crippen LogP contribution in [0.4, 0.5) is 0 Å². The zero-order valence-electron chi connectivity index (χ0n) is 22.0. The van der Waals surface area contributed by atoms with Crippen molar-refractivity contribution < 1.29 is 39.1 Å². The Morgan fingerprint density at radius 1 is 1.13 bits per heavy atom. The average molecular weight is 654 g/mol. The molecule has 0 saturated carbocycles. The lowest BCUT2D eigenvalue weighted by Gasteiger charge is -2.40. The molecule has 11 heteroatoms. The zero-order chi connectivity index (χ0) is 28.4. The van der Waals surface area contributed by atoms with Gasteiger partial charge in [-0.05, 0) is 51.9 Å². The Bertz CT molecular complexity index is 1140. The molecule has 0 unspecified atom stereocenters. The Morgan fingerprint density at radius 3 is 2.51 bits per heavy atom. The van der Waals surface area contributed by atoms with E-state index in [1.54, 1.807) is 23.1 Å². The number of aliphatic hydroxyl groups excluding tert-OH is 3. The Labute approximate surface area is 241 Å². The molecule has 39 heavy (non-hydrogen) atoms. The van der Waals surface area contributed by atoms with E-state index in [0.29, 0.717) is 26.2 Å². The van der Waals surface area contributed by atoms with E-state index >= 15 is 0 Å². The van der Waals surface area contributed by atoms with Crippen LogP contribution in [0.2, 0.25) is 0 Å². The van der Waals surface area contributed by atoms with Crippen molar-refractivity contribution in [3.8, 4) is 11.5 Å². The summed E-state index contributed by atoms with van der Waals surface area (Å²) in [4.78, 5) is 28.0. The number of nitrogens with zero attached hydrogens (tertiary/aromatic N) is 1. The second kappa shape index (κ2) is 15.2. The van der Waals surface area contributed by atoms with Crippen LogP contribution in [0.3, 0.4) is 0 Å². The first-order valence-electron chi connectivity index (χ1n) is 12.6. The molecule has 2 aromatic carbocycles. The summed E-state index contributed by atoms with van der Waals surface area (Å²) in [5.41, 5.74) is 1.81. The van der Waals surface area contributed by atoms with E-state index in [4.69, 9.17) is 14.2 Å². The number of nitrogens with one attached hydrogen (secondary N) is 1. The summed E-state index contributed by atoms with van der Waals surface area (Å²) >= 11 is 2.05. The van der Waals surface area contributed by atoms with Crippen LogP contribution in [0.5, 0.6) is 11.5 Å². The first-order chi connectivity index (χ1) is 18.8. The third-order valence-corrected chi connectivity index (χ3v) is 7.18. The maximum Gasteiger partial charge on any atom is 0.247 e. The molecule has 3 rings (SSSR count). The predicted molar refractivity (Wildman–Crippen MR) is 152 cm³/mol. The highest BCUT2D eigenvalue weighted by molar-refractivity contribution is 14.1. The minimum Gasteiger partial charge on any atom is -0.493 e. The number of rotatable bonds is 13. The number of carbonyl (C=O) groups is 2. The lowest BCUT2D eigenvalue weighted by Crippen LogP contribution is -2.55. The maximum absolute atomic E-state index is 13.4. The number of methoxy groups -OCH3 is 2. The fraction of sp³-hybridized carbons (Fsp3) is 0.429. The summed E-state index contributed by atoms with van der Waals surface area (Å²) in [5.74, 6) is 0.0415. The van der Waals surface area contributed by atoms with Gasteiger partial charge in [-0.2, -0.15) is 0 Å². The second-order valence-corrected chi connectivity index (χ2v) is 10.2. The predicted octanol–water partition coefficient (Wildman–Crippen LogP) is 1.77. The molecule has 2 aromatic rings. The van der Waals surface area contributed by atoms with E-state index in [-0.39, 0.29) is 51.7 Å². The Morgan fingerprint density at radius 2 is 1.87 bits per heavy atom. The van der Waals surface area contributed by atoms with Gasteiger partial charge >= 0.3 is 0 Å². The summed E-state index contributed by atoms with van der Waals surface area (Å²) in [6.07, 6.45) is -0.463. The topological polar surface area (TPSA) is 138 Å². The molecule has 10 nitrogen and oxygen atoms in total. The molecule has 0 bridgehead atoms. The monoisotopic (exact) mass is 654 g/mol. The van der Waals surface area contributed by atoms with Crippen molar-refractivity contribution in [1.29, 1.82) is 0 Å². The first kappa shape index (κ1) is 30.8. The van der Waals surface area contributed by atoms with Gasteiger partial charge in [-0.25, -0.2) is 0 Å². The van der Waals surface area contributed by atoms with Crippen molar-refractivity contribution in [3.05, 3.63) is 68.8 Å². The molecular weight excluding hydrogens is 619 g/mol. The van der Waals surface area contributed by atoms with E-state index in [1.807, 2.05) is 30.3 Å². The lowest BCUT2D eigenvalue weighted by molar-refractivity contribution is -0.140. The smallest absolute Gasteiger partial charge is 0.247 e. The van der Waals surface area contributed by atoms with Crippen molar-refractivity contribution in [2.45, 2.75) is 44.2 Å². The molecule has 2 amide bonds. The van der Waals surface area contributed by atoms with Crippen molar-refractivity contribution >= 4 is 34.4 Å². The van der Waals surface area contributed by atoms with Gasteiger partial charge in [0.15, 0.2) is 11.5 Å². The second-order valence-electron chi connectivity index (χ2n) is 9.03. The third kappa shape index (κ3) is 8.15. The quantitative estimate of drug-likeness (QED) is 0.240. The number of carbonyl (C=O) groups excluding carboxylic acids is 2.